The summed E-state index contributed by atoms with van der Waals surface area (Å²) in [6.45, 7) is 0.0258. The lowest BCUT2D eigenvalue weighted by molar-refractivity contribution is -0.138. The average molecular weight is 432 g/mol. The molecule has 1 unspecified atom stereocenters. The van der Waals surface area contributed by atoms with Gasteiger partial charge in [-0.3, -0.25) is 0 Å². The van der Waals surface area contributed by atoms with Gasteiger partial charge < -0.3 is 14.4 Å². The maximum Gasteiger partial charge on any atom is 0.532 e. The predicted molar refractivity (Wildman–Crippen MR) is 116 cm³/mol. The first kappa shape index (κ1) is 21.4. The number of carbonyl (C=O) groups excluding carboxylic acids is 1. The summed E-state index contributed by atoms with van der Waals surface area (Å²) in [5.74, 6) is -0.512. The quantitative estimate of drug-likeness (QED) is 0.448. The average Bonchev–Trinajstić information content (AvgIpc) is 2.68. The van der Waals surface area contributed by atoms with Gasteiger partial charge >= 0.3 is 12.9 Å². The summed E-state index contributed by atoms with van der Waals surface area (Å²) in [6.07, 6.45) is 0. The standard InChI is InChI=1S/C22H23ClNO4P/c1-16(2)21(24-15-17-9-4-3-5-10-17)22(25)28-29(23,26)27-20-14-8-12-18-11-6-7-13-19(18)20/h3-14,16,21,24H,15H2,1-2H3/t21-,29?/m0/s1. The van der Waals surface area contributed by atoms with E-state index in [1.54, 1.807) is 12.1 Å². The van der Waals surface area contributed by atoms with E-state index in [0.717, 1.165) is 16.3 Å². The highest BCUT2D eigenvalue weighted by Gasteiger charge is 2.33. The van der Waals surface area contributed by atoms with Gasteiger partial charge in [0.05, 0.1) is 0 Å². The highest BCUT2D eigenvalue weighted by atomic mass is 35.7. The minimum Gasteiger partial charge on any atom is -0.404 e. The zero-order chi connectivity index (χ0) is 20.9. The largest absolute Gasteiger partial charge is 0.532 e. The van der Waals surface area contributed by atoms with Gasteiger partial charge in [-0.05, 0) is 22.9 Å². The molecule has 29 heavy (non-hydrogen) atoms. The van der Waals surface area contributed by atoms with E-state index in [9.17, 15) is 9.36 Å². The van der Waals surface area contributed by atoms with Gasteiger partial charge in [-0.15, -0.1) is 0 Å². The van der Waals surface area contributed by atoms with Crippen LogP contribution in [0.25, 0.3) is 10.8 Å². The van der Waals surface area contributed by atoms with Gasteiger partial charge in [-0.1, -0.05) is 80.6 Å². The molecule has 0 aromatic heterocycles. The first-order valence-corrected chi connectivity index (χ1v) is 11.8. The Labute approximate surface area is 175 Å². The molecule has 0 spiro atoms. The second-order valence-electron chi connectivity index (χ2n) is 7.00. The molecule has 3 rings (SSSR count). The maximum absolute atomic E-state index is 12.7. The first-order valence-electron chi connectivity index (χ1n) is 9.33. The fraction of sp³-hybridized carbons (Fsp3) is 0.227. The molecule has 0 saturated heterocycles. The van der Waals surface area contributed by atoms with Crippen molar-refractivity contribution >= 4 is 34.9 Å². The van der Waals surface area contributed by atoms with Gasteiger partial charge in [0, 0.05) is 23.2 Å². The molecule has 0 aliphatic rings. The van der Waals surface area contributed by atoms with Crippen LogP contribution < -0.4 is 9.84 Å². The van der Waals surface area contributed by atoms with Crippen LogP contribution in [0.5, 0.6) is 5.75 Å². The Morgan fingerprint density at radius 3 is 2.38 bits per heavy atom. The lowest BCUT2D eigenvalue weighted by Crippen LogP contribution is -2.41. The van der Waals surface area contributed by atoms with Gasteiger partial charge in [-0.25, -0.2) is 9.36 Å². The third-order valence-corrected chi connectivity index (χ3v) is 5.67. The Morgan fingerprint density at radius 2 is 1.66 bits per heavy atom. The van der Waals surface area contributed by atoms with Crippen molar-refractivity contribution in [3.8, 4) is 5.75 Å². The molecule has 0 amide bonds. The molecule has 1 N–H and O–H groups in total. The van der Waals surface area contributed by atoms with Crippen molar-refractivity contribution in [2.75, 3.05) is 0 Å². The van der Waals surface area contributed by atoms with Crippen LogP contribution >= 0.6 is 18.2 Å². The van der Waals surface area contributed by atoms with E-state index in [4.69, 9.17) is 20.3 Å². The lowest BCUT2D eigenvalue weighted by atomic mass is 10.0. The first-order chi connectivity index (χ1) is 13.9. The molecule has 5 nitrogen and oxygen atoms in total. The van der Waals surface area contributed by atoms with Crippen molar-refractivity contribution in [3.63, 3.8) is 0 Å². The van der Waals surface area contributed by atoms with Crippen LogP contribution in [0.4, 0.5) is 0 Å². The summed E-state index contributed by atoms with van der Waals surface area (Å²) in [7, 11) is 0. The molecule has 0 saturated carbocycles. The molecular formula is C22H23ClNO4P. The van der Waals surface area contributed by atoms with Crippen LogP contribution in [0.3, 0.4) is 0 Å². The summed E-state index contributed by atoms with van der Waals surface area (Å²) >= 11 is 5.99. The number of benzene rings is 3. The summed E-state index contributed by atoms with van der Waals surface area (Å²) in [4.78, 5) is 12.7. The molecule has 7 heteroatoms. The summed E-state index contributed by atoms with van der Waals surface area (Å²) in [5.41, 5.74) is 1.02. The number of fused-ring (bicyclic) bond motifs is 1. The molecule has 0 aliphatic heterocycles. The smallest absolute Gasteiger partial charge is 0.404 e. The minimum atomic E-state index is -4.18. The predicted octanol–water partition coefficient (Wildman–Crippen LogP) is 5.92. The normalized spacial score (nSPS) is 14.3. The van der Waals surface area contributed by atoms with Crippen molar-refractivity contribution in [1.82, 2.24) is 5.32 Å². The molecular weight excluding hydrogens is 409 g/mol. The molecule has 0 heterocycles. The molecule has 0 radical (unpaired) electrons. The van der Waals surface area contributed by atoms with E-state index in [1.165, 1.54) is 0 Å². The topological polar surface area (TPSA) is 64.6 Å². The van der Waals surface area contributed by atoms with Gasteiger partial charge in [0.1, 0.15) is 11.8 Å². The van der Waals surface area contributed by atoms with Crippen LogP contribution in [0.15, 0.2) is 72.8 Å². The van der Waals surface area contributed by atoms with Crippen molar-refractivity contribution in [3.05, 3.63) is 78.4 Å². The number of hydrogen-bond acceptors (Lipinski definition) is 5. The Kier molecular flexibility index (Phi) is 6.96. The molecule has 2 atom stereocenters. The van der Waals surface area contributed by atoms with Crippen LogP contribution in [-0.4, -0.2) is 12.0 Å². The molecule has 0 bridgehead atoms. The molecule has 3 aromatic carbocycles. The van der Waals surface area contributed by atoms with E-state index < -0.39 is 19.0 Å². The molecule has 0 aliphatic carbocycles. The number of carbonyl (C=O) groups is 1. The van der Waals surface area contributed by atoms with Crippen LogP contribution in [0.1, 0.15) is 19.4 Å². The van der Waals surface area contributed by atoms with E-state index in [2.05, 4.69) is 5.32 Å². The van der Waals surface area contributed by atoms with Gasteiger partial charge in [-0.2, -0.15) is 0 Å². The summed E-state index contributed by atoms with van der Waals surface area (Å²) in [6, 6.07) is 21.7. The zero-order valence-corrected chi connectivity index (χ0v) is 17.9. The minimum absolute atomic E-state index is 0.0968. The number of rotatable bonds is 8. The number of nitrogens with one attached hydrogen (secondary N) is 1. The molecule has 0 fully saturated rings. The van der Waals surface area contributed by atoms with Crippen LogP contribution in [0, 0.1) is 5.92 Å². The Morgan fingerprint density at radius 1 is 1.00 bits per heavy atom. The van der Waals surface area contributed by atoms with Gasteiger partial charge in [0.15, 0.2) is 0 Å². The van der Waals surface area contributed by atoms with E-state index >= 15 is 0 Å². The number of halogens is 1. The van der Waals surface area contributed by atoms with Gasteiger partial charge in [0.25, 0.3) is 0 Å². The maximum atomic E-state index is 12.7. The Hall–Kier alpha value is -2.33. The van der Waals surface area contributed by atoms with Crippen molar-refractivity contribution in [2.45, 2.75) is 26.4 Å². The van der Waals surface area contributed by atoms with E-state index in [0.29, 0.717) is 12.3 Å². The van der Waals surface area contributed by atoms with Crippen molar-refractivity contribution in [1.29, 1.82) is 0 Å². The Balaban J connectivity index is 1.70. The second-order valence-corrected chi connectivity index (χ2v) is 9.47. The fourth-order valence-corrected chi connectivity index (χ4v) is 4.18. The second kappa shape index (κ2) is 9.45. The van der Waals surface area contributed by atoms with E-state index in [-0.39, 0.29) is 5.92 Å². The monoisotopic (exact) mass is 431 g/mol. The number of hydrogen-bond donors (Lipinski definition) is 1. The molecule has 3 aromatic rings. The highest BCUT2D eigenvalue weighted by Crippen LogP contribution is 2.54. The van der Waals surface area contributed by atoms with Crippen molar-refractivity contribution < 1.29 is 18.4 Å². The summed E-state index contributed by atoms with van der Waals surface area (Å²) in [5, 5.41) is 4.77. The van der Waals surface area contributed by atoms with Gasteiger partial charge in [0.2, 0.25) is 0 Å². The van der Waals surface area contributed by atoms with Crippen molar-refractivity contribution in [2.24, 2.45) is 5.92 Å². The summed E-state index contributed by atoms with van der Waals surface area (Å²) < 4.78 is 23.2. The third-order valence-electron chi connectivity index (χ3n) is 4.45. The third kappa shape index (κ3) is 5.83. The SMILES string of the molecule is CC(C)[C@H](NCc1ccccc1)C(=O)OP(=O)(Cl)Oc1cccc2ccccc12. The highest BCUT2D eigenvalue weighted by molar-refractivity contribution is 7.82. The van der Waals surface area contributed by atoms with Crippen LogP contribution in [0.2, 0.25) is 0 Å². The fourth-order valence-electron chi connectivity index (χ4n) is 2.99. The molecule has 152 valence electrons. The Bertz CT molecular complexity index is 1020. The lowest BCUT2D eigenvalue weighted by Gasteiger charge is -2.22. The zero-order valence-electron chi connectivity index (χ0n) is 16.2. The van der Waals surface area contributed by atoms with E-state index in [1.807, 2.05) is 74.5 Å². The van der Waals surface area contributed by atoms with Crippen LogP contribution in [-0.2, 0) is 20.4 Å².